The Bertz CT molecular complexity index is 1400. The van der Waals surface area contributed by atoms with Crippen molar-refractivity contribution in [3.8, 4) is 17.2 Å². The molecule has 0 aliphatic carbocycles. The highest BCUT2D eigenvalue weighted by molar-refractivity contribution is 7.87. The van der Waals surface area contributed by atoms with Crippen LogP contribution >= 0.6 is 11.6 Å². The fraction of sp³-hybridized carbons (Fsp3) is 0.0833. The van der Waals surface area contributed by atoms with Crippen LogP contribution in [0, 0.1) is 0 Å². The molecule has 0 saturated heterocycles. The summed E-state index contributed by atoms with van der Waals surface area (Å²) in [5, 5.41) is 0.400. The van der Waals surface area contributed by atoms with Gasteiger partial charge >= 0.3 is 16.1 Å². The maximum atomic E-state index is 12.6. The van der Waals surface area contributed by atoms with Gasteiger partial charge in [-0.15, -0.1) is 0 Å². The summed E-state index contributed by atoms with van der Waals surface area (Å²) in [7, 11) is -1.18. The molecule has 4 rings (SSSR count). The highest BCUT2D eigenvalue weighted by Crippen LogP contribution is 2.32. The number of rotatable bonds is 7. The molecule has 8 nitrogen and oxygen atoms in total. The Labute approximate surface area is 201 Å². The predicted molar refractivity (Wildman–Crippen MR) is 126 cm³/mol. The molecule has 34 heavy (non-hydrogen) atoms. The van der Waals surface area contributed by atoms with Gasteiger partial charge in [0, 0.05) is 10.6 Å². The van der Waals surface area contributed by atoms with Gasteiger partial charge in [0.15, 0.2) is 17.2 Å². The third kappa shape index (κ3) is 5.05. The SMILES string of the molecule is COc1ccc(C2=N/C(=C\c3ccc(OS(=O)(=O)c4ccc(Cl)cc4)c(OC)c3)C(=O)O2)cc1. The molecule has 0 radical (unpaired) electrons. The molecule has 174 valence electrons. The number of benzene rings is 3. The zero-order valence-corrected chi connectivity index (χ0v) is 19.6. The van der Waals surface area contributed by atoms with Gasteiger partial charge in [-0.2, -0.15) is 8.42 Å². The first-order valence-corrected chi connectivity index (χ1v) is 11.6. The van der Waals surface area contributed by atoms with E-state index in [1.807, 2.05) is 0 Å². The van der Waals surface area contributed by atoms with Crippen molar-refractivity contribution in [3.63, 3.8) is 0 Å². The molecule has 0 saturated carbocycles. The van der Waals surface area contributed by atoms with Crippen molar-refractivity contribution < 1.29 is 31.6 Å². The number of halogens is 1. The van der Waals surface area contributed by atoms with E-state index in [4.69, 9.17) is 30.0 Å². The standard InChI is InChI=1S/C24H18ClNO7S/c1-30-18-8-4-16(5-9-18)23-26-20(24(27)32-23)13-15-3-12-21(22(14-15)31-2)33-34(28,29)19-10-6-17(25)7-11-19/h3-14H,1-2H3/b20-13-. The lowest BCUT2D eigenvalue weighted by Gasteiger charge is -2.11. The lowest BCUT2D eigenvalue weighted by molar-refractivity contribution is -0.129. The zero-order valence-electron chi connectivity index (χ0n) is 18.0. The Hall–Kier alpha value is -3.82. The van der Waals surface area contributed by atoms with Crippen molar-refractivity contribution in [2.24, 2.45) is 4.99 Å². The number of aliphatic imine (C=N–C) groups is 1. The van der Waals surface area contributed by atoms with Crippen LogP contribution in [0.2, 0.25) is 5.02 Å². The molecule has 3 aromatic carbocycles. The van der Waals surface area contributed by atoms with Crippen LogP contribution in [0.5, 0.6) is 17.2 Å². The van der Waals surface area contributed by atoms with E-state index in [1.165, 1.54) is 49.6 Å². The van der Waals surface area contributed by atoms with Crippen molar-refractivity contribution in [3.05, 3.63) is 88.6 Å². The first kappa shape index (κ1) is 23.3. The number of cyclic esters (lactones) is 1. The van der Waals surface area contributed by atoms with Gasteiger partial charge in [-0.05, 0) is 72.3 Å². The van der Waals surface area contributed by atoms with E-state index in [0.717, 1.165) is 0 Å². The summed E-state index contributed by atoms with van der Waals surface area (Å²) in [6.07, 6.45) is 1.50. The van der Waals surface area contributed by atoms with Crippen LogP contribution in [0.4, 0.5) is 0 Å². The Morgan fingerprint density at radius 3 is 2.26 bits per heavy atom. The summed E-state index contributed by atoms with van der Waals surface area (Å²) in [5.74, 6) is 0.348. The predicted octanol–water partition coefficient (Wildman–Crippen LogP) is 4.47. The highest BCUT2D eigenvalue weighted by atomic mass is 35.5. The second-order valence-electron chi connectivity index (χ2n) is 6.97. The minimum atomic E-state index is -4.11. The number of hydrogen-bond donors (Lipinski definition) is 0. The molecule has 0 aromatic heterocycles. The van der Waals surface area contributed by atoms with Crippen LogP contribution in [-0.2, 0) is 19.6 Å². The van der Waals surface area contributed by atoms with Crippen LogP contribution < -0.4 is 13.7 Å². The number of esters is 1. The Morgan fingerprint density at radius 1 is 0.912 bits per heavy atom. The molecule has 0 spiro atoms. The van der Waals surface area contributed by atoms with Gasteiger partial charge in [0.25, 0.3) is 0 Å². The largest absolute Gasteiger partial charge is 0.497 e. The Kier molecular flexibility index (Phi) is 6.58. The van der Waals surface area contributed by atoms with Crippen molar-refractivity contribution >= 4 is 39.7 Å². The second kappa shape index (κ2) is 9.58. The fourth-order valence-electron chi connectivity index (χ4n) is 3.03. The van der Waals surface area contributed by atoms with E-state index in [1.54, 1.807) is 37.4 Å². The van der Waals surface area contributed by atoms with Gasteiger partial charge in [-0.1, -0.05) is 17.7 Å². The monoisotopic (exact) mass is 499 g/mol. The van der Waals surface area contributed by atoms with Gasteiger partial charge in [-0.25, -0.2) is 9.79 Å². The average Bonchev–Trinajstić information content (AvgIpc) is 3.20. The maximum Gasteiger partial charge on any atom is 0.363 e. The van der Waals surface area contributed by atoms with Crippen molar-refractivity contribution in [1.29, 1.82) is 0 Å². The first-order valence-electron chi connectivity index (χ1n) is 9.84. The molecule has 1 heterocycles. The van der Waals surface area contributed by atoms with Crippen molar-refractivity contribution in [1.82, 2.24) is 0 Å². The average molecular weight is 500 g/mol. The highest BCUT2D eigenvalue weighted by Gasteiger charge is 2.25. The van der Waals surface area contributed by atoms with Crippen LogP contribution in [0.15, 0.2) is 82.3 Å². The fourth-order valence-corrected chi connectivity index (χ4v) is 4.10. The zero-order chi connectivity index (χ0) is 24.3. The third-order valence-corrected chi connectivity index (χ3v) is 6.25. The Morgan fingerprint density at radius 2 is 1.62 bits per heavy atom. The summed E-state index contributed by atoms with van der Waals surface area (Å²) in [5.41, 5.74) is 1.22. The van der Waals surface area contributed by atoms with E-state index in [2.05, 4.69) is 4.99 Å². The minimum Gasteiger partial charge on any atom is -0.497 e. The summed E-state index contributed by atoms with van der Waals surface area (Å²) in [6.45, 7) is 0. The van der Waals surface area contributed by atoms with Crippen LogP contribution in [0.3, 0.4) is 0 Å². The van der Waals surface area contributed by atoms with E-state index in [-0.39, 0.29) is 28.0 Å². The number of hydrogen-bond acceptors (Lipinski definition) is 8. The number of carbonyl (C=O) groups is 1. The van der Waals surface area contributed by atoms with Gasteiger partial charge in [0.05, 0.1) is 14.2 Å². The molecule has 0 fully saturated rings. The van der Waals surface area contributed by atoms with E-state index >= 15 is 0 Å². The van der Waals surface area contributed by atoms with E-state index < -0.39 is 16.1 Å². The van der Waals surface area contributed by atoms with E-state index in [9.17, 15) is 13.2 Å². The molecule has 1 aliphatic rings. The summed E-state index contributed by atoms with van der Waals surface area (Å²) >= 11 is 5.82. The molecule has 10 heteroatoms. The van der Waals surface area contributed by atoms with Crippen LogP contribution in [-0.4, -0.2) is 34.5 Å². The molecule has 0 amide bonds. The lowest BCUT2D eigenvalue weighted by Crippen LogP contribution is -2.10. The number of carbonyl (C=O) groups excluding carboxylic acids is 1. The molecule has 0 N–H and O–H groups in total. The summed E-state index contributed by atoms with van der Waals surface area (Å²) in [6, 6.07) is 17.0. The number of nitrogens with zero attached hydrogens (tertiary/aromatic N) is 1. The first-order chi connectivity index (χ1) is 16.3. The normalized spacial score (nSPS) is 14.5. The molecular weight excluding hydrogens is 482 g/mol. The molecule has 1 aliphatic heterocycles. The quantitative estimate of drug-likeness (QED) is 0.268. The van der Waals surface area contributed by atoms with Crippen LogP contribution in [0.25, 0.3) is 6.08 Å². The van der Waals surface area contributed by atoms with Crippen molar-refractivity contribution in [2.45, 2.75) is 4.90 Å². The molecular formula is C24H18ClNO7S. The Balaban J connectivity index is 1.59. The molecule has 0 unspecified atom stereocenters. The van der Waals surface area contributed by atoms with Gasteiger partial charge < -0.3 is 18.4 Å². The smallest absolute Gasteiger partial charge is 0.363 e. The molecule has 0 bridgehead atoms. The van der Waals surface area contributed by atoms with E-state index in [0.29, 0.717) is 21.9 Å². The maximum absolute atomic E-state index is 12.6. The number of ether oxygens (including phenoxy) is 3. The summed E-state index contributed by atoms with van der Waals surface area (Å²) < 4.78 is 46.1. The minimum absolute atomic E-state index is 0.0176. The van der Waals surface area contributed by atoms with Gasteiger partial charge in [0.1, 0.15) is 10.6 Å². The van der Waals surface area contributed by atoms with Gasteiger partial charge in [0.2, 0.25) is 5.90 Å². The third-order valence-electron chi connectivity index (χ3n) is 4.75. The van der Waals surface area contributed by atoms with Crippen molar-refractivity contribution in [2.75, 3.05) is 14.2 Å². The molecule has 0 atom stereocenters. The lowest BCUT2D eigenvalue weighted by atomic mass is 10.1. The topological polar surface area (TPSA) is 100 Å². The van der Waals surface area contributed by atoms with Gasteiger partial charge in [-0.3, -0.25) is 0 Å². The summed E-state index contributed by atoms with van der Waals surface area (Å²) in [4.78, 5) is 16.5. The second-order valence-corrected chi connectivity index (χ2v) is 8.95. The number of methoxy groups -OCH3 is 2. The van der Waals surface area contributed by atoms with Crippen LogP contribution in [0.1, 0.15) is 11.1 Å². The molecule has 3 aromatic rings.